The Bertz CT molecular complexity index is 898. The van der Waals surface area contributed by atoms with Gasteiger partial charge in [0.05, 0.1) is 34.4 Å². The highest BCUT2D eigenvalue weighted by Gasteiger charge is 2.25. The van der Waals surface area contributed by atoms with Crippen LogP contribution in [0.2, 0.25) is 0 Å². The third kappa shape index (κ3) is 35.9. The zero-order chi connectivity index (χ0) is 37.8. The topological polar surface area (TPSA) is 108 Å². The number of allylic oxidation sites excluding steroid dienone is 4. The van der Waals surface area contributed by atoms with Crippen LogP contribution in [0.15, 0.2) is 24.3 Å². The van der Waals surface area contributed by atoms with Gasteiger partial charge in [0.25, 0.3) is 6.29 Å². The number of ether oxygens (including phenoxy) is 4. The minimum atomic E-state index is -1.51. The number of carboxylic acids is 1. The summed E-state index contributed by atoms with van der Waals surface area (Å²) in [6.45, 7) is 4.80. The van der Waals surface area contributed by atoms with Gasteiger partial charge in [-0.05, 0) is 44.9 Å². The number of carbonyl (C=O) groups excluding carboxylic acids is 2. The molecule has 0 heterocycles. The molecular weight excluding hydrogens is 646 g/mol. The Hall–Kier alpha value is -2.23. The van der Waals surface area contributed by atoms with Crippen molar-refractivity contribution in [3.8, 4) is 0 Å². The Morgan fingerprint density at radius 1 is 0.588 bits per heavy atom. The van der Waals surface area contributed by atoms with Gasteiger partial charge in [-0.1, -0.05) is 134 Å². The molecule has 0 amide bonds. The van der Waals surface area contributed by atoms with Crippen molar-refractivity contribution in [2.45, 2.75) is 180 Å². The van der Waals surface area contributed by atoms with Crippen molar-refractivity contribution in [3.63, 3.8) is 0 Å². The van der Waals surface area contributed by atoms with Gasteiger partial charge in [-0.15, -0.1) is 0 Å². The molecule has 0 aromatic rings. The zero-order valence-electron chi connectivity index (χ0n) is 33.5. The molecule has 0 aliphatic rings. The summed E-state index contributed by atoms with van der Waals surface area (Å²) < 4.78 is 22.6. The van der Waals surface area contributed by atoms with Crippen LogP contribution in [0.5, 0.6) is 0 Å². The van der Waals surface area contributed by atoms with Crippen molar-refractivity contribution >= 4 is 17.9 Å². The van der Waals surface area contributed by atoms with Crippen LogP contribution in [0.25, 0.3) is 0 Å². The van der Waals surface area contributed by atoms with Gasteiger partial charge in [0.2, 0.25) is 0 Å². The highest BCUT2D eigenvalue weighted by atomic mass is 16.7. The van der Waals surface area contributed by atoms with Crippen LogP contribution in [-0.2, 0) is 33.3 Å². The van der Waals surface area contributed by atoms with Crippen molar-refractivity contribution in [2.75, 3.05) is 47.5 Å². The van der Waals surface area contributed by atoms with Crippen molar-refractivity contribution < 1.29 is 42.9 Å². The van der Waals surface area contributed by atoms with Crippen LogP contribution in [0, 0.1) is 0 Å². The van der Waals surface area contributed by atoms with E-state index in [0.29, 0.717) is 23.9 Å². The minimum absolute atomic E-state index is 0.182. The maximum atomic E-state index is 12.7. The molecule has 2 unspecified atom stereocenters. The number of carbonyl (C=O) groups is 3. The summed E-state index contributed by atoms with van der Waals surface area (Å²) in [6, 6.07) is 0. The summed E-state index contributed by atoms with van der Waals surface area (Å²) in [4.78, 5) is 36.9. The third-order valence-electron chi connectivity index (χ3n) is 8.71. The lowest BCUT2D eigenvalue weighted by Crippen LogP contribution is -2.40. The molecule has 0 spiro atoms. The van der Waals surface area contributed by atoms with E-state index in [2.05, 4.69) is 38.2 Å². The maximum absolute atomic E-state index is 12.7. The molecule has 0 aliphatic carbocycles. The summed E-state index contributed by atoms with van der Waals surface area (Å²) >= 11 is 0. The standard InChI is InChI=1S/C42H77NO8/c1-6-8-10-12-14-16-17-18-19-20-21-22-23-25-27-29-31-33-40(45)51-38(37-50-42(41(46)47)48-35-34-43(3,4)5)36-49-39(44)32-30-28-26-24-15-13-11-9-7-2/h14,16,18-19,38,42H,6-13,15,17,20-37H2,1-5H3/p+1/b16-14-,19-18-. The normalized spacial score (nSPS) is 13.2. The number of carboxylic acid groups (broad SMARTS) is 1. The van der Waals surface area contributed by atoms with E-state index in [0.717, 1.165) is 51.4 Å². The van der Waals surface area contributed by atoms with Crippen LogP contribution in [0.3, 0.4) is 0 Å². The number of hydrogen-bond donors (Lipinski definition) is 1. The average molecular weight is 725 g/mol. The van der Waals surface area contributed by atoms with Crippen molar-refractivity contribution in [1.29, 1.82) is 0 Å². The van der Waals surface area contributed by atoms with Crippen LogP contribution < -0.4 is 0 Å². The van der Waals surface area contributed by atoms with E-state index in [-0.39, 0.29) is 32.2 Å². The second-order valence-electron chi connectivity index (χ2n) is 14.9. The van der Waals surface area contributed by atoms with Gasteiger partial charge in [-0.25, -0.2) is 4.79 Å². The van der Waals surface area contributed by atoms with Gasteiger partial charge >= 0.3 is 17.9 Å². The Morgan fingerprint density at radius 2 is 1.06 bits per heavy atom. The van der Waals surface area contributed by atoms with Gasteiger partial charge in [-0.3, -0.25) is 9.59 Å². The van der Waals surface area contributed by atoms with Crippen LogP contribution in [0.4, 0.5) is 0 Å². The van der Waals surface area contributed by atoms with Gasteiger partial charge in [0.1, 0.15) is 13.2 Å². The monoisotopic (exact) mass is 725 g/mol. The lowest BCUT2D eigenvalue weighted by atomic mass is 10.1. The highest BCUT2D eigenvalue weighted by molar-refractivity contribution is 5.71. The second-order valence-corrected chi connectivity index (χ2v) is 14.9. The van der Waals surface area contributed by atoms with E-state index in [1.165, 1.54) is 83.5 Å². The Kier molecular flexibility index (Phi) is 33.3. The largest absolute Gasteiger partial charge is 0.477 e. The van der Waals surface area contributed by atoms with Crippen molar-refractivity contribution in [1.82, 2.24) is 0 Å². The van der Waals surface area contributed by atoms with Crippen molar-refractivity contribution in [3.05, 3.63) is 24.3 Å². The van der Waals surface area contributed by atoms with E-state index in [4.69, 9.17) is 18.9 Å². The summed E-state index contributed by atoms with van der Waals surface area (Å²) in [5, 5.41) is 9.59. The summed E-state index contributed by atoms with van der Waals surface area (Å²) in [5.74, 6) is -2.02. The first-order valence-corrected chi connectivity index (χ1v) is 20.5. The fraction of sp³-hybridized carbons (Fsp3) is 0.833. The number of likely N-dealkylation sites (N-methyl/N-ethyl adjacent to an activating group) is 1. The number of aliphatic carboxylic acids is 1. The summed E-state index contributed by atoms with van der Waals surface area (Å²) in [5.41, 5.74) is 0. The summed E-state index contributed by atoms with van der Waals surface area (Å²) in [7, 11) is 5.94. The molecule has 9 nitrogen and oxygen atoms in total. The third-order valence-corrected chi connectivity index (χ3v) is 8.71. The smallest absolute Gasteiger partial charge is 0.361 e. The van der Waals surface area contributed by atoms with Gasteiger partial charge in [0.15, 0.2) is 6.10 Å². The lowest BCUT2D eigenvalue weighted by molar-refractivity contribution is -0.870. The molecule has 298 valence electrons. The molecule has 0 radical (unpaired) electrons. The van der Waals surface area contributed by atoms with E-state index in [9.17, 15) is 19.5 Å². The SMILES string of the molecule is CCCCC/C=C\C/C=C\CCCCCCCCCC(=O)OC(COC(=O)CCCCCCCCCCC)COC(OCC[N+](C)(C)C)C(=O)O. The molecular formula is C42H78NO8+. The molecule has 9 heteroatoms. The second kappa shape index (κ2) is 34.8. The molecule has 0 bridgehead atoms. The lowest BCUT2D eigenvalue weighted by Gasteiger charge is -2.25. The van der Waals surface area contributed by atoms with Gasteiger partial charge < -0.3 is 28.5 Å². The van der Waals surface area contributed by atoms with Gasteiger partial charge in [0, 0.05) is 12.8 Å². The van der Waals surface area contributed by atoms with E-state index >= 15 is 0 Å². The quantitative estimate of drug-likeness (QED) is 0.0222. The first-order chi connectivity index (χ1) is 24.6. The first-order valence-electron chi connectivity index (χ1n) is 20.5. The Labute approximate surface area is 312 Å². The highest BCUT2D eigenvalue weighted by Crippen LogP contribution is 2.13. The number of esters is 2. The fourth-order valence-corrected chi connectivity index (χ4v) is 5.45. The predicted molar refractivity (Wildman–Crippen MR) is 208 cm³/mol. The number of unbranched alkanes of at least 4 members (excludes halogenated alkanes) is 18. The molecule has 0 rings (SSSR count). The Balaban J connectivity index is 4.47. The number of quaternary nitrogens is 1. The van der Waals surface area contributed by atoms with Crippen LogP contribution in [-0.4, -0.2) is 87.4 Å². The molecule has 0 saturated carbocycles. The summed E-state index contributed by atoms with van der Waals surface area (Å²) in [6.07, 6.45) is 32.4. The average Bonchev–Trinajstić information content (AvgIpc) is 3.08. The molecule has 0 aromatic carbocycles. The fourth-order valence-electron chi connectivity index (χ4n) is 5.45. The molecule has 0 aliphatic heterocycles. The molecule has 0 saturated heterocycles. The molecule has 2 atom stereocenters. The van der Waals surface area contributed by atoms with Crippen LogP contribution >= 0.6 is 0 Å². The molecule has 51 heavy (non-hydrogen) atoms. The van der Waals surface area contributed by atoms with E-state index < -0.39 is 24.3 Å². The Morgan fingerprint density at radius 3 is 1.59 bits per heavy atom. The first kappa shape index (κ1) is 48.8. The zero-order valence-corrected chi connectivity index (χ0v) is 33.5. The van der Waals surface area contributed by atoms with Gasteiger partial charge in [-0.2, -0.15) is 0 Å². The minimum Gasteiger partial charge on any atom is -0.477 e. The van der Waals surface area contributed by atoms with E-state index in [1.54, 1.807) is 0 Å². The number of hydrogen-bond acceptors (Lipinski definition) is 7. The maximum Gasteiger partial charge on any atom is 0.361 e. The number of nitrogens with zero attached hydrogens (tertiary/aromatic N) is 1. The molecule has 1 N–H and O–H groups in total. The molecule has 0 aromatic heterocycles. The van der Waals surface area contributed by atoms with E-state index in [1.807, 2.05) is 21.1 Å². The molecule has 0 fully saturated rings. The van der Waals surface area contributed by atoms with Crippen LogP contribution in [0.1, 0.15) is 168 Å². The number of rotatable bonds is 37. The van der Waals surface area contributed by atoms with Crippen molar-refractivity contribution in [2.24, 2.45) is 0 Å². The predicted octanol–water partition coefficient (Wildman–Crippen LogP) is 10.1.